The molecule has 0 amide bonds. The molecule has 0 aromatic heterocycles. The molecular weight excluding hydrogens is 300 g/mol. The lowest BCUT2D eigenvalue weighted by molar-refractivity contribution is -0.137. The van der Waals surface area contributed by atoms with E-state index in [1.807, 2.05) is 0 Å². The van der Waals surface area contributed by atoms with E-state index in [-0.39, 0.29) is 17.9 Å². The molecule has 5 atom stereocenters. The first-order valence-corrected chi connectivity index (χ1v) is 9.80. The van der Waals surface area contributed by atoms with E-state index in [9.17, 15) is 9.90 Å². The van der Waals surface area contributed by atoms with Gasteiger partial charge in [0.25, 0.3) is 0 Å². The minimum absolute atomic E-state index is 0.111. The van der Waals surface area contributed by atoms with Crippen molar-refractivity contribution in [3.63, 3.8) is 0 Å². The molecule has 0 bridgehead atoms. The first-order valence-electron chi connectivity index (χ1n) is 9.80. The Balaban J connectivity index is 2.03. The predicted octanol–water partition coefficient (Wildman–Crippen LogP) is 5.04. The number of carboxylic acids is 1. The van der Waals surface area contributed by atoms with Gasteiger partial charge in [-0.3, -0.25) is 4.79 Å². The molecule has 2 rings (SSSR count). The standard InChI is InChI=1S/C21H36O3/c1-14-9-11-16-15(2)10-12-18(17(16)13-14)21(3,4)19(22)7-5-6-8-20(23)24/h13,15-19,22H,5-12H2,1-4H3,(H,23,24)/t15-,16?,17?,18?,19-/m1/s1. The zero-order valence-electron chi connectivity index (χ0n) is 15.9. The van der Waals surface area contributed by atoms with Crippen molar-refractivity contribution in [2.24, 2.45) is 29.1 Å². The summed E-state index contributed by atoms with van der Waals surface area (Å²) in [5.74, 6) is 1.95. The number of allylic oxidation sites excluding steroid dienone is 2. The third kappa shape index (κ3) is 4.41. The fourth-order valence-corrected chi connectivity index (χ4v) is 5.15. The number of aliphatic hydroxyl groups is 1. The van der Waals surface area contributed by atoms with Gasteiger partial charge in [0, 0.05) is 6.42 Å². The summed E-state index contributed by atoms with van der Waals surface area (Å²) in [7, 11) is 0. The highest BCUT2D eigenvalue weighted by molar-refractivity contribution is 5.66. The van der Waals surface area contributed by atoms with Crippen molar-refractivity contribution in [1.82, 2.24) is 0 Å². The Morgan fingerprint density at radius 1 is 1.29 bits per heavy atom. The second-order valence-corrected chi connectivity index (χ2v) is 8.93. The van der Waals surface area contributed by atoms with E-state index >= 15 is 0 Å². The molecular formula is C21H36O3. The fraction of sp³-hybridized carbons (Fsp3) is 0.857. The number of hydrogen-bond acceptors (Lipinski definition) is 2. The Hall–Kier alpha value is -0.830. The van der Waals surface area contributed by atoms with Gasteiger partial charge in [0.15, 0.2) is 0 Å². The lowest BCUT2D eigenvalue weighted by atomic mass is 9.55. The molecule has 0 aliphatic heterocycles. The van der Waals surface area contributed by atoms with E-state index in [4.69, 9.17) is 5.11 Å². The second-order valence-electron chi connectivity index (χ2n) is 8.93. The lowest BCUT2D eigenvalue weighted by Crippen LogP contribution is -2.46. The van der Waals surface area contributed by atoms with Crippen LogP contribution < -0.4 is 0 Å². The molecule has 138 valence electrons. The molecule has 0 aromatic carbocycles. The zero-order valence-corrected chi connectivity index (χ0v) is 15.9. The normalized spacial score (nSPS) is 32.0. The Morgan fingerprint density at radius 2 is 2.00 bits per heavy atom. The summed E-state index contributed by atoms with van der Waals surface area (Å²) in [6.07, 6.45) is 9.55. The molecule has 24 heavy (non-hydrogen) atoms. The molecule has 3 unspecified atom stereocenters. The fourth-order valence-electron chi connectivity index (χ4n) is 5.15. The molecule has 0 saturated heterocycles. The third-order valence-electron chi connectivity index (χ3n) is 6.90. The van der Waals surface area contributed by atoms with E-state index in [0.717, 1.165) is 18.3 Å². The average molecular weight is 337 g/mol. The van der Waals surface area contributed by atoms with Crippen molar-refractivity contribution in [1.29, 1.82) is 0 Å². The number of aliphatic hydroxyl groups excluding tert-OH is 1. The number of fused-ring (bicyclic) bond motifs is 1. The van der Waals surface area contributed by atoms with E-state index in [1.165, 1.54) is 31.3 Å². The van der Waals surface area contributed by atoms with Gasteiger partial charge in [-0.05, 0) is 68.1 Å². The second kappa shape index (κ2) is 8.03. The summed E-state index contributed by atoms with van der Waals surface area (Å²) in [6, 6.07) is 0. The molecule has 2 N–H and O–H groups in total. The minimum atomic E-state index is -0.740. The van der Waals surface area contributed by atoms with Crippen LogP contribution in [-0.2, 0) is 4.79 Å². The highest BCUT2D eigenvalue weighted by Gasteiger charge is 2.46. The Morgan fingerprint density at radius 3 is 2.67 bits per heavy atom. The zero-order chi connectivity index (χ0) is 17.9. The third-order valence-corrected chi connectivity index (χ3v) is 6.90. The van der Waals surface area contributed by atoms with Gasteiger partial charge < -0.3 is 10.2 Å². The van der Waals surface area contributed by atoms with Crippen LogP contribution in [0.5, 0.6) is 0 Å². The van der Waals surface area contributed by atoms with Gasteiger partial charge in [-0.15, -0.1) is 0 Å². The van der Waals surface area contributed by atoms with Crippen molar-refractivity contribution in [3.8, 4) is 0 Å². The largest absolute Gasteiger partial charge is 0.481 e. The summed E-state index contributed by atoms with van der Waals surface area (Å²) in [6.45, 7) is 9.11. The SMILES string of the molecule is CC1=CC2C(CC1)[C@H](C)CCC2C(C)(C)[C@H](O)CCCCC(=O)O. The van der Waals surface area contributed by atoms with Crippen molar-refractivity contribution in [3.05, 3.63) is 11.6 Å². The number of unbranched alkanes of at least 4 members (excludes halogenated alkanes) is 1. The van der Waals surface area contributed by atoms with Gasteiger partial charge in [0.1, 0.15) is 0 Å². The number of carbonyl (C=O) groups is 1. The van der Waals surface area contributed by atoms with Crippen molar-refractivity contribution in [2.75, 3.05) is 0 Å². The molecule has 3 nitrogen and oxygen atoms in total. The number of rotatable bonds is 7. The molecule has 1 saturated carbocycles. The molecule has 0 heterocycles. The maximum atomic E-state index is 10.8. The maximum absolute atomic E-state index is 10.8. The van der Waals surface area contributed by atoms with Crippen molar-refractivity contribution in [2.45, 2.75) is 85.2 Å². The highest BCUT2D eigenvalue weighted by atomic mass is 16.4. The summed E-state index contributed by atoms with van der Waals surface area (Å²) >= 11 is 0. The van der Waals surface area contributed by atoms with Crippen LogP contribution in [0.15, 0.2) is 11.6 Å². The van der Waals surface area contributed by atoms with Crippen LogP contribution in [0.4, 0.5) is 0 Å². The Labute approximate surface area is 147 Å². The molecule has 0 radical (unpaired) electrons. The average Bonchev–Trinajstić information content (AvgIpc) is 2.50. The topological polar surface area (TPSA) is 57.5 Å². The minimum Gasteiger partial charge on any atom is -0.481 e. The van der Waals surface area contributed by atoms with Gasteiger partial charge in [-0.25, -0.2) is 0 Å². The van der Waals surface area contributed by atoms with E-state index < -0.39 is 5.97 Å². The molecule has 2 aliphatic carbocycles. The summed E-state index contributed by atoms with van der Waals surface area (Å²) in [5.41, 5.74) is 1.41. The Kier molecular flexibility index (Phi) is 6.52. The van der Waals surface area contributed by atoms with Gasteiger partial charge in [0.2, 0.25) is 0 Å². The number of hydrogen-bond donors (Lipinski definition) is 2. The van der Waals surface area contributed by atoms with Gasteiger partial charge >= 0.3 is 5.97 Å². The van der Waals surface area contributed by atoms with Crippen molar-refractivity contribution >= 4 is 5.97 Å². The summed E-state index contributed by atoms with van der Waals surface area (Å²) in [5, 5.41) is 19.6. The van der Waals surface area contributed by atoms with Crippen LogP contribution in [-0.4, -0.2) is 22.3 Å². The monoisotopic (exact) mass is 336 g/mol. The van der Waals surface area contributed by atoms with Gasteiger partial charge in [-0.2, -0.15) is 0 Å². The quantitative estimate of drug-likeness (QED) is 0.506. The van der Waals surface area contributed by atoms with Crippen LogP contribution in [0.2, 0.25) is 0 Å². The van der Waals surface area contributed by atoms with Gasteiger partial charge in [-0.1, -0.05) is 45.3 Å². The molecule has 3 heteroatoms. The Bertz CT molecular complexity index is 466. The first-order chi connectivity index (χ1) is 11.2. The van der Waals surface area contributed by atoms with Crippen LogP contribution in [0.3, 0.4) is 0 Å². The van der Waals surface area contributed by atoms with E-state index in [2.05, 4.69) is 33.8 Å². The van der Waals surface area contributed by atoms with E-state index in [1.54, 1.807) is 0 Å². The summed E-state index contributed by atoms with van der Waals surface area (Å²) < 4.78 is 0. The molecule has 0 aromatic rings. The van der Waals surface area contributed by atoms with Crippen LogP contribution in [0, 0.1) is 29.1 Å². The number of carboxylic acid groups (broad SMARTS) is 1. The van der Waals surface area contributed by atoms with Crippen molar-refractivity contribution < 1.29 is 15.0 Å². The molecule has 1 fully saturated rings. The lowest BCUT2D eigenvalue weighted by Gasteiger charge is -2.51. The number of aliphatic carboxylic acids is 1. The van der Waals surface area contributed by atoms with Crippen LogP contribution in [0.25, 0.3) is 0 Å². The predicted molar refractivity (Wildman–Crippen MR) is 97.8 cm³/mol. The maximum Gasteiger partial charge on any atom is 0.303 e. The smallest absolute Gasteiger partial charge is 0.303 e. The van der Waals surface area contributed by atoms with Crippen LogP contribution >= 0.6 is 0 Å². The van der Waals surface area contributed by atoms with E-state index in [0.29, 0.717) is 24.7 Å². The highest BCUT2D eigenvalue weighted by Crippen LogP contribution is 2.52. The summed E-state index contributed by atoms with van der Waals surface area (Å²) in [4.78, 5) is 10.6. The van der Waals surface area contributed by atoms with Crippen LogP contribution in [0.1, 0.15) is 79.1 Å². The molecule has 0 spiro atoms. The van der Waals surface area contributed by atoms with Gasteiger partial charge in [0.05, 0.1) is 6.10 Å². The first kappa shape index (κ1) is 19.5. The molecule has 2 aliphatic rings.